The summed E-state index contributed by atoms with van der Waals surface area (Å²) in [5.41, 5.74) is 7.31. The van der Waals surface area contributed by atoms with E-state index in [1.54, 1.807) is 18.2 Å². The number of oxazole rings is 1. The number of hydrogen-bond donors (Lipinski definition) is 2. The second kappa shape index (κ2) is 6.83. The van der Waals surface area contributed by atoms with E-state index in [1.807, 2.05) is 18.2 Å². The molecule has 0 radical (unpaired) electrons. The van der Waals surface area contributed by atoms with Crippen LogP contribution in [0.3, 0.4) is 0 Å². The average molecular weight is 360 g/mol. The number of nitrogens with one attached hydrogen (secondary N) is 1. The third-order valence-electron chi connectivity index (χ3n) is 3.13. The van der Waals surface area contributed by atoms with Gasteiger partial charge >= 0.3 is 6.03 Å². The molecule has 3 N–H and O–H groups in total. The Balaban J connectivity index is 2.04. The molecule has 0 spiro atoms. The molecule has 2 aromatic carbocycles. The van der Waals surface area contributed by atoms with Crippen LogP contribution in [-0.2, 0) is 0 Å². The van der Waals surface area contributed by atoms with Crippen LogP contribution in [0.4, 0.5) is 4.79 Å². The first kappa shape index (κ1) is 16.2. The van der Waals surface area contributed by atoms with E-state index >= 15 is 0 Å². The predicted molar refractivity (Wildman–Crippen MR) is 93.9 cm³/mol. The van der Waals surface area contributed by atoms with Gasteiger partial charge in [-0.2, -0.15) is 0 Å². The van der Waals surface area contributed by atoms with Gasteiger partial charge in [-0.05, 0) is 24.3 Å². The van der Waals surface area contributed by atoms with Crippen LogP contribution in [0.2, 0.25) is 10.0 Å². The lowest BCUT2D eigenvalue weighted by molar-refractivity contribution is 0.250. The van der Waals surface area contributed by atoms with Crippen molar-refractivity contribution >= 4 is 40.3 Å². The summed E-state index contributed by atoms with van der Waals surface area (Å²) in [7, 11) is 0. The maximum Gasteiger partial charge on any atom is 0.312 e. The summed E-state index contributed by atoms with van der Waals surface area (Å²) in [4.78, 5) is 15.1. The highest BCUT2D eigenvalue weighted by atomic mass is 35.5. The molecule has 24 heavy (non-hydrogen) atoms. The molecule has 3 rings (SSSR count). The van der Waals surface area contributed by atoms with Gasteiger partial charge < -0.3 is 15.5 Å². The van der Waals surface area contributed by atoms with Crippen molar-refractivity contribution in [3.63, 3.8) is 0 Å². The summed E-state index contributed by atoms with van der Waals surface area (Å²) < 4.78 is 5.83. The maximum atomic E-state index is 10.7. The van der Waals surface area contributed by atoms with E-state index < -0.39 is 6.03 Å². The molecule has 0 aliphatic rings. The molecule has 7 heteroatoms. The fourth-order valence-electron chi connectivity index (χ4n) is 2.11. The standard InChI is InChI=1S/C17H11Cl2N3O2/c18-11-8-10(4-3-7-21-17(20)23)15-14(9-11)22-16(24-15)12-5-1-2-6-13(12)19/h1-2,5-6,8-9H,7H2,(H3,20,21,23). The molecule has 0 aliphatic heterocycles. The van der Waals surface area contributed by atoms with Gasteiger partial charge in [0.25, 0.3) is 0 Å². The second-order valence-electron chi connectivity index (χ2n) is 4.82. The summed E-state index contributed by atoms with van der Waals surface area (Å²) in [5, 5.41) is 3.40. The highest BCUT2D eigenvalue weighted by Crippen LogP contribution is 2.32. The molecule has 2 amide bonds. The van der Waals surface area contributed by atoms with Gasteiger partial charge in [0.05, 0.1) is 22.7 Å². The van der Waals surface area contributed by atoms with Crippen LogP contribution in [0.25, 0.3) is 22.6 Å². The summed E-state index contributed by atoms with van der Waals surface area (Å²) in [6.45, 7) is 0.120. The quantitative estimate of drug-likeness (QED) is 0.682. The fraction of sp³-hybridized carbons (Fsp3) is 0.0588. The average Bonchev–Trinajstić information content (AvgIpc) is 2.95. The molecule has 5 nitrogen and oxygen atoms in total. The Kier molecular flexibility index (Phi) is 4.61. The number of fused-ring (bicyclic) bond motifs is 1. The van der Waals surface area contributed by atoms with Crippen molar-refractivity contribution in [2.24, 2.45) is 5.73 Å². The van der Waals surface area contributed by atoms with E-state index in [4.69, 9.17) is 33.4 Å². The maximum absolute atomic E-state index is 10.7. The molecular formula is C17H11Cl2N3O2. The monoisotopic (exact) mass is 359 g/mol. The molecule has 1 aromatic heterocycles. The number of nitrogens with two attached hydrogens (primary N) is 1. The molecule has 0 unspecified atom stereocenters. The smallest absolute Gasteiger partial charge is 0.312 e. The fourth-order valence-corrected chi connectivity index (χ4v) is 2.54. The number of urea groups is 1. The minimum absolute atomic E-state index is 0.120. The van der Waals surface area contributed by atoms with Gasteiger partial charge in [-0.3, -0.25) is 0 Å². The molecule has 0 saturated carbocycles. The topological polar surface area (TPSA) is 81.2 Å². The van der Waals surface area contributed by atoms with E-state index in [2.05, 4.69) is 22.1 Å². The highest BCUT2D eigenvalue weighted by molar-refractivity contribution is 6.33. The predicted octanol–water partition coefficient (Wildman–Crippen LogP) is 3.82. The second-order valence-corrected chi connectivity index (χ2v) is 5.66. The van der Waals surface area contributed by atoms with Gasteiger partial charge in [0.1, 0.15) is 5.52 Å². The summed E-state index contributed by atoms with van der Waals surface area (Å²) in [6.07, 6.45) is 0. The van der Waals surface area contributed by atoms with Crippen LogP contribution in [0, 0.1) is 11.8 Å². The first-order chi connectivity index (χ1) is 11.5. The highest BCUT2D eigenvalue weighted by Gasteiger charge is 2.14. The number of halogens is 2. The van der Waals surface area contributed by atoms with Crippen molar-refractivity contribution < 1.29 is 9.21 Å². The Hall–Kier alpha value is -2.68. The zero-order valence-corrected chi connectivity index (χ0v) is 13.8. The van der Waals surface area contributed by atoms with Crippen LogP contribution in [0.1, 0.15) is 5.56 Å². The Morgan fingerprint density at radius 3 is 2.83 bits per heavy atom. The number of carbonyl (C=O) groups excluding carboxylic acids is 1. The van der Waals surface area contributed by atoms with Crippen LogP contribution >= 0.6 is 23.2 Å². The molecule has 0 atom stereocenters. The SMILES string of the molecule is NC(=O)NCC#Cc1cc(Cl)cc2nc(-c3ccccc3Cl)oc12. The molecule has 3 aromatic rings. The molecular weight excluding hydrogens is 349 g/mol. The summed E-state index contributed by atoms with van der Waals surface area (Å²) >= 11 is 12.3. The minimum Gasteiger partial charge on any atom is -0.435 e. The Labute approximate surface area is 147 Å². The van der Waals surface area contributed by atoms with Crippen molar-refractivity contribution in [1.29, 1.82) is 0 Å². The first-order valence-corrected chi connectivity index (χ1v) is 7.67. The first-order valence-electron chi connectivity index (χ1n) is 6.92. The van der Waals surface area contributed by atoms with Crippen LogP contribution in [-0.4, -0.2) is 17.6 Å². The lowest BCUT2D eigenvalue weighted by atomic mass is 10.2. The van der Waals surface area contributed by atoms with E-state index in [0.29, 0.717) is 38.2 Å². The van der Waals surface area contributed by atoms with Crippen molar-refractivity contribution in [1.82, 2.24) is 10.3 Å². The van der Waals surface area contributed by atoms with Gasteiger partial charge in [-0.25, -0.2) is 9.78 Å². The van der Waals surface area contributed by atoms with Crippen molar-refractivity contribution in [2.75, 3.05) is 6.54 Å². The number of hydrogen-bond acceptors (Lipinski definition) is 3. The van der Waals surface area contributed by atoms with Gasteiger partial charge in [0.2, 0.25) is 5.89 Å². The molecule has 0 fully saturated rings. The number of nitrogens with zero attached hydrogens (tertiary/aromatic N) is 1. The Bertz CT molecular complexity index is 986. The van der Waals surface area contributed by atoms with Crippen LogP contribution in [0.15, 0.2) is 40.8 Å². The van der Waals surface area contributed by atoms with Gasteiger partial charge in [0.15, 0.2) is 5.58 Å². The van der Waals surface area contributed by atoms with Gasteiger partial charge in [-0.1, -0.05) is 47.2 Å². The van der Waals surface area contributed by atoms with E-state index in [-0.39, 0.29) is 6.54 Å². The zero-order valence-electron chi connectivity index (χ0n) is 12.3. The van der Waals surface area contributed by atoms with Crippen LogP contribution < -0.4 is 11.1 Å². The van der Waals surface area contributed by atoms with E-state index in [9.17, 15) is 4.79 Å². The van der Waals surface area contributed by atoms with E-state index in [0.717, 1.165) is 0 Å². The largest absolute Gasteiger partial charge is 0.435 e. The number of amides is 2. The number of primary amides is 1. The number of aromatic nitrogens is 1. The van der Waals surface area contributed by atoms with Crippen molar-refractivity contribution in [3.05, 3.63) is 52.0 Å². The number of carbonyl (C=O) groups is 1. The van der Waals surface area contributed by atoms with Crippen LogP contribution in [0.5, 0.6) is 0 Å². The summed E-state index contributed by atoms with van der Waals surface area (Å²) in [5.74, 6) is 6.06. The number of rotatable bonds is 2. The normalized spacial score (nSPS) is 10.2. The lowest BCUT2D eigenvalue weighted by Crippen LogP contribution is -2.29. The van der Waals surface area contributed by atoms with Crippen molar-refractivity contribution in [2.45, 2.75) is 0 Å². The molecule has 120 valence electrons. The third-order valence-corrected chi connectivity index (χ3v) is 3.68. The number of benzene rings is 2. The molecule has 0 bridgehead atoms. The third kappa shape index (κ3) is 3.46. The minimum atomic E-state index is -0.638. The van der Waals surface area contributed by atoms with Gasteiger partial charge in [-0.15, -0.1) is 0 Å². The van der Waals surface area contributed by atoms with Gasteiger partial charge in [0, 0.05) is 5.02 Å². The Morgan fingerprint density at radius 2 is 2.08 bits per heavy atom. The summed E-state index contributed by atoms with van der Waals surface area (Å²) in [6, 6.07) is 9.97. The molecule has 0 saturated heterocycles. The molecule has 1 heterocycles. The zero-order chi connectivity index (χ0) is 17.1. The van der Waals surface area contributed by atoms with Crippen molar-refractivity contribution in [3.8, 4) is 23.3 Å². The van der Waals surface area contributed by atoms with E-state index in [1.165, 1.54) is 0 Å². The Morgan fingerprint density at radius 1 is 1.29 bits per heavy atom. The molecule has 0 aliphatic carbocycles. The lowest BCUT2D eigenvalue weighted by Gasteiger charge is -1.97.